The van der Waals surface area contributed by atoms with E-state index in [1.54, 1.807) is 0 Å². The van der Waals surface area contributed by atoms with E-state index in [-0.39, 0.29) is 12.1 Å². The van der Waals surface area contributed by atoms with Crippen molar-refractivity contribution in [1.29, 1.82) is 0 Å². The first-order chi connectivity index (χ1) is 14.4. The van der Waals surface area contributed by atoms with Crippen molar-refractivity contribution in [3.05, 3.63) is 82.9 Å². The Bertz CT molecular complexity index is 1050. The number of para-hydroxylation sites is 1. The Morgan fingerprint density at radius 2 is 1.80 bits per heavy atom. The molecule has 1 fully saturated rings. The van der Waals surface area contributed by atoms with Gasteiger partial charge in [0.2, 0.25) is 0 Å². The molecule has 0 aliphatic carbocycles. The molecule has 4 nitrogen and oxygen atoms in total. The van der Waals surface area contributed by atoms with Gasteiger partial charge in [-0.15, -0.1) is 0 Å². The fourth-order valence-electron chi connectivity index (χ4n) is 4.61. The lowest BCUT2D eigenvalue weighted by atomic mass is 9.96. The molecular weight excluding hydrogens is 388 g/mol. The third kappa shape index (κ3) is 3.63. The molecule has 1 N–H and O–H groups in total. The Morgan fingerprint density at radius 3 is 2.47 bits per heavy atom. The zero-order valence-corrected chi connectivity index (χ0v) is 19.2. The number of thiocarbonyl (C=S) groups is 1. The van der Waals surface area contributed by atoms with Crippen molar-refractivity contribution in [1.82, 2.24) is 19.8 Å². The van der Waals surface area contributed by atoms with Crippen molar-refractivity contribution < 1.29 is 0 Å². The molecule has 2 aromatic heterocycles. The molecule has 1 saturated heterocycles. The lowest BCUT2D eigenvalue weighted by molar-refractivity contribution is 0.287. The first kappa shape index (κ1) is 20.6. The molecule has 3 aromatic rings. The lowest BCUT2D eigenvalue weighted by Gasteiger charge is -2.29. The van der Waals surface area contributed by atoms with Gasteiger partial charge >= 0.3 is 0 Å². The summed E-state index contributed by atoms with van der Waals surface area (Å²) in [4.78, 5) is 7.01. The summed E-state index contributed by atoms with van der Waals surface area (Å²) in [7, 11) is 0. The molecule has 4 rings (SSSR count). The zero-order valence-electron chi connectivity index (χ0n) is 18.4. The van der Waals surface area contributed by atoms with Crippen LogP contribution in [-0.2, 0) is 0 Å². The van der Waals surface area contributed by atoms with Crippen LogP contribution < -0.4 is 5.32 Å². The number of aryl methyl sites for hydroxylation is 2. The maximum atomic E-state index is 5.79. The lowest BCUT2D eigenvalue weighted by Crippen LogP contribution is -2.33. The second-order valence-electron chi connectivity index (χ2n) is 8.62. The average molecular weight is 419 g/mol. The Labute approximate surface area is 184 Å². The van der Waals surface area contributed by atoms with Crippen LogP contribution in [0.25, 0.3) is 5.69 Å². The molecule has 1 aromatic carbocycles. The maximum Gasteiger partial charge on any atom is 0.170 e. The fraction of sp³-hybridized carbons (Fsp3) is 0.360. The quantitative estimate of drug-likeness (QED) is 0.561. The number of hydrogen-bond donors (Lipinski definition) is 1. The highest BCUT2D eigenvalue weighted by Gasteiger charge is 2.41. The van der Waals surface area contributed by atoms with E-state index in [1.807, 2.05) is 18.3 Å². The van der Waals surface area contributed by atoms with Gasteiger partial charge in [-0.25, -0.2) is 0 Å². The summed E-state index contributed by atoms with van der Waals surface area (Å²) in [5.41, 5.74) is 7.33. The average Bonchev–Trinajstić information content (AvgIpc) is 3.18. The van der Waals surface area contributed by atoms with Crippen molar-refractivity contribution in [2.45, 2.75) is 46.7 Å². The summed E-state index contributed by atoms with van der Waals surface area (Å²) in [6, 6.07) is 17.1. The molecule has 0 unspecified atom stereocenters. The van der Waals surface area contributed by atoms with Crippen LogP contribution in [0.5, 0.6) is 0 Å². The molecule has 30 heavy (non-hydrogen) atoms. The molecule has 0 amide bonds. The van der Waals surface area contributed by atoms with Crippen LogP contribution >= 0.6 is 12.2 Å². The van der Waals surface area contributed by atoms with Gasteiger partial charge < -0.3 is 14.8 Å². The molecule has 156 valence electrons. The number of nitrogens with one attached hydrogen (secondary N) is 1. The van der Waals surface area contributed by atoms with E-state index in [4.69, 9.17) is 12.2 Å². The standard InChI is InChI=1S/C25H30N4S/c1-16(2)15-28-24(23(27-25(28)30)21-11-8-9-13-26-21)20-14-18(4)29(19(20)5)22-12-7-6-10-17(22)3/h6-14,16,23-24H,15H2,1-5H3,(H,27,30)/t23-,24-/m1/s1. The monoisotopic (exact) mass is 418 g/mol. The van der Waals surface area contributed by atoms with Crippen molar-refractivity contribution >= 4 is 17.3 Å². The van der Waals surface area contributed by atoms with E-state index in [0.717, 1.165) is 17.4 Å². The smallest absolute Gasteiger partial charge is 0.170 e. The molecule has 1 aliphatic rings. The molecular formula is C25H30N4S. The summed E-state index contributed by atoms with van der Waals surface area (Å²) in [5, 5.41) is 4.38. The predicted octanol–water partition coefficient (Wildman–Crippen LogP) is 5.43. The van der Waals surface area contributed by atoms with E-state index >= 15 is 0 Å². The largest absolute Gasteiger partial charge is 0.352 e. The minimum absolute atomic E-state index is 0.0308. The van der Waals surface area contributed by atoms with Crippen molar-refractivity contribution in [2.24, 2.45) is 5.92 Å². The Hall–Kier alpha value is -2.66. The van der Waals surface area contributed by atoms with Crippen LogP contribution in [0.15, 0.2) is 54.7 Å². The van der Waals surface area contributed by atoms with Gasteiger partial charge in [-0.2, -0.15) is 0 Å². The summed E-state index contributed by atoms with van der Waals surface area (Å²) >= 11 is 5.79. The van der Waals surface area contributed by atoms with Crippen molar-refractivity contribution in [2.75, 3.05) is 6.54 Å². The van der Waals surface area contributed by atoms with E-state index in [2.05, 4.69) is 90.8 Å². The number of aromatic nitrogens is 2. The van der Waals surface area contributed by atoms with Crippen LogP contribution in [0, 0.1) is 26.7 Å². The Morgan fingerprint density at radius 1 is 1.07 bits per heavy atom. The highest BCUT2D eigenvalue weighted by Crippen LogP contribution is 2.41. The van der Waals surface area contributed by atoms with E-state index in [0.29, 0.717) is 5.92 Å². The van der Waals surface area contributed by atoms with Crippen LogP contribution in [0.4, 0.5) is 0 Å². The van der Waals surface area contributed by atoms with Gasteiger partial charge in [0.25, 0.3) is 0 Å². The summed E-state index contributed by atoms with van der Waals surface area (Å²) < 4.78 is 2.37. The molecule has 0 spiro atoms. The molecule has 0 bridgehead atoms. The molecule has 2 atom stereocenters. The molecule has 0 saturated carbocycles. The van der Waals surface area contributed by atoms with E-state index in [1.165, 1.54) is 28.2 Å². The minimum Gasteiger partial charge on any atom is -0.352 e. The van der Waals surface area contributed by atoms with Crippen molar-refractivity contribution in [3.8, 4) is 5.69 Å². The third-order valence-electron chi connectivity index (χ3n) is 5.90. The van der Waals surface area contributed by atoms with Gasteiger partial charge in [0.05, 0.1) is 17.8 Å². The van der Waals surface area contributed by atoms with Crippen LogP contribution in [0.1, 0.15) is 54.1 Å². The van der Waals surface area contributed by atoms with E-state index in [9.17, 15) is 0 Å². The van der Waals surface area contributed by atoms with Crippen LogP contribution in [0.2, 0.25) is 0 Å². The van der Waals surface area contributed by atoms with Crippen LogP contribution in [-0.4, -0.2) is 26.1 Å². The second kappa shape index (κ2) is 8.23. The number of pyridine rings is 1. The number of nitrogens with zero attached hydrogens (tertiary/aromatic N) is 3. The summed E-state index contributed by atoms with van der Waals surface area (Å²) in [5.74, 6) is 0.509. The number of benzene rings is 1. The SMILES string of the molecule is Cc1ccccc1-n1c(C)cc([C@@H]2[C@@H](c3ccccn3)NC(=S)N2CC(C)C)c1C. The highest BCUT2D eigenvalue weighted by molar-refractivity contribution is 7.80. The van der Waals surface area contributed by atoms with Crippen molar-refractivity contribution in [3.63, 3.8) is 0 Å². The third-order valence-corrected chi connectivity index (χ3v) is 6.26. The fourth-order valence-corrected chi connectivity index (χ4v) is 4.92. The molecule has 3 heterocycles. The first-order valence-corrected chi connectivity index (χ1v) is 11.0. The zero-order chi connectivity index (χ0) is 21.4. The van der Waals surface area contributed by atoms with Crippen LogP contribution in [0.3, 0.4) is 0 Å². The number of rotatable bonds is 5. The summed E-state index contributed by atoms with van der Waals surface area (Å²) in [6.07, 6.45) is 1.86. The van der Waals surface area contributed by atoms with Gasteiger partial charge in [-0.05, 0) is 74.3 Å². The maximum absolute atomic E-state index is 5.79. The van der Waals surface area contributed by atoms with Gasteiger partial charge in [0.15, 0.2) is 5.11 Å². The van der Waals surface area contributed by atoms with E-state index < -0.39 is 0 Å². The topological polar surface area (TPSA) is 33.1 Å². The van der Waals surface area contributed by atoms with Gasteiger partial charge in [-0.3, -0.25) is 4.98 Å². The summed E-state index contributed by atoms with van der Waals surface area (Å²) in [6.45, 7) is 12.0. The predicted molar refractivity (Wildman–Crippen MR) is 127 cm³/mol. The van der Waals surface area contributed by atoms with Gasteiger partial charge in [0, 0.05) is 29.8 Å². The Kier molecular flexibility index (Phi) is 5.65. The first-order valence-electron chi connectivity index (χ1n) is 10.6. The minimum atomic E-state index is 0.0308. The van der Waals surface area contributed by atoms with Gasteiger partial charge in [0.1, 0.15) is 0 Å². The molecule has 1 aliphatic heterocycles. The normalized spacial score (nSPS) is 18.9. The second-order valence-corrected chi connectivity index (χ2v) is 9.01. The molecule has 0 radical (unpaired) electrons. The van der Waals surface area contributed by atoms with Gasteiger partial charge in [-0.1, -0.05) is 38.1 Å². The highest BCUT2D eigenvalue weighted by atomic mass is 32.1. The molecule has 5 heteroatoms. The Balaban J connectivity index is 1.85. The number of hydrogen-bond acceptors (Lipinski definition) is 2.